The van der Waals surface area contributed by atoms with Crippen LogP contribution in [0.2, 0.25) is 0 Å². The van der Waals surface area contributed by atoms with Crippen LogP contribution in [0.25, 0.3) is 10.9 Å². The third-order valence-electron chi connectivity index (χ3n) is 5.50. The number of rotatable bonds is 6. The van der Waals surface area contributed by atoms with Gasteiger partial charge in [-0.15, -0.1) is 0 Å². The van der Waals surface area contributed by atoms with Gasteiger partial charge >= 0.3 is 0 Å². The van der Waals surface area contributed by atoms with Gasteiger partial charge < -0.3 is 19.5 Å². The number of carbonyl (C=O) groups is 1. The monoisotopic (exact) mass is 392 g/mol. The van der Waals surface area contributed by atoms with Gasteiger partial charge in [0.25, 0.3) is 0 Å². The van der Waals surface area contributed by atoms with Crippen molar-refractivity contribution >= 4 is 22.5 Å². The zero-order valence-electron chi connectivity index (χ0n) is 17.1. The van der Waals surface area contributed by atoms with Gasteiger partial charge in [-0.25, -0.2) is 0 Å². The molecule has 4 rings (SSSR count). The topological polar surface area (TPSA) is 49.7 Å². The van der Waals surface area contributed by atoms with E-state index in [9.17, 15) is 4.79 Å². The lowest BCUT2D eigenvalue weighted by molar-refractivity contribution is -0.116. The van der Waals surface area contributed by atoms with E-state index in [-0.39, 0.29) is 12.5 Å². The van der Waals surface area contributed by atoms with Crippen LogP contribution in [0.5, 0.6) is 5.75 Å². The average Bonchev–Trinajstić information content (AvgIpc) is 3.11. The van der Waals surface area contributed by atoms with Crippen molar-refractivity contribution in [3.8, 4) is 5.75 Å². The lowest BCUT2D eigenvalue weighted by Gasteiger charge is -2.32. The molecule has 0 radical (unpaired) electrons. The SMILES string of the molecule is COc1ccc2c(ccn2CC(=O)Nc2cccc(CN3CCN(C)CC3)c2)c1. The minimum Gasteiger partial charge on any atom is -0.497 e. The van der Waals surface area contributed by atoms with Crippen LogP contribution in [0.15, 0.2) is 54.7 Å². The van der Waals surface area contributed by atoms with E-state index in [4.69, 9.17) is 4.74 Å². The summed E-state index contributed by atoms with van der Waals surface area (Å²) < 4.78 is 7.22. The van der Waals surface area contributed by atoms with Gasteiger partial charge in [0, 0.05) is 55.5 Å². The van der Waals surface area contributed by atoms with Gasteiger partial charge in [0.05, 0.1) is 7.11 Å². The molecule has 0 spiro atoms. The highest BCUT2D eigenvalue weighted by Gasteiger charge is 2.14. The number of methoxy groups -OCH3 is 1. The molecular weight excluding hydrogens is 364 g/mol. The zero-order valence-corrected chi connectivity index (χ0v) is 17.1. The number of likely N-dealkylation sites (N-methyl/N-ethyl adjacent to an activating group) is 1. The number of ether oxygens (including phenoxy) is 1. The molecule has 0 atom stereocenters. The molecule has 152 valence electrons. The number of nitrogens with one attached hydrogen (secondary N) is 1. The Morgan fingerprint density at radius 2 is 1.90 bits per heavy atom. The van der Waals surface area contributed by atoms with Crippen molar-refractivity contribution < 1.29 is 9.53 Å². The molecule has 1 N–H and O–H groups in total. The second kappa shape index (κ2) is 8.68. The number of carbonyl (C=O) groups excluding carboxylic acids is 1. The number of amides is 1. The van der Waals surface area contributed by atoms with Gasteiger partial charge in [0.15, 0.2) is 0 Å². The van der Waals surface area contributed by atoms with E-state index in [0.29, 0.717) is 0 Å². The Morgan fingerprint density at radius 1 is 1.07 bits per heavy atom. The van der Waals surface area contributed by atoms with Crippen molar-refractivity contribution in [3.05, 3.63) is 60.3 Å². The van der Waals surface area contributed by atoms with Crippen LogP contribution in [0.1, 0.15) is 5.56 Å². The van der Waals surface area contributed by atoms with Gasteiger partial charge in [0.2, 0.25) is 5.91 Å². The van der Waals surface area contributed by atoms with Crippen molar-refractivity contribution in [2.75, 3.05) is 45.7 Å². The van der Waals surface area contributed by atoms with E-state index in [1.165, 1.54) is 5.56 Å². The number of hydrogen-bond acceptors (Lipinski definition) is 4. The Bertz CT molecular complexity index is 989. The molecule has 1 aromatic heterocycles. The summed E-state index contributed by atoms with van der Waals surface area (Å²) in [5.41, 5.74) is 3.09. The van der Waals surface area contributed by atoms with E-state index in [1.807, 2.05) is 47.2 Å². The number of hydrogen-bond donors (Lipinski definition) is 1. The first-order valence-corrected chi connectivity index (χ1v) is 10.0. The Balaban J connectivity index is 1.38. The fraction of sp³-hybridized carbons (Fsp3) is 0.348. The number of benzene rings is 2. The minimum absolute atomic E-state index is 0.0323. The first-order chi connectivity index (χ1) is 14.1. The molecule has 1 aliphatic heterocycles. The maximum Gasteiger partial charge on any atom is 0.244 e. The third kappa shape index (κ3) is 4.78. The van der Waals surface area contributed by atoms with Gasteiger partial charge in [-0.3, -0.25) is 9.69 Å². The van der Waals surface area contributed by atoms with Gasteiger partial charge in [-0.2, -0.15) is 0 Å². The predicted octanol–water partition coefficient (Wildman–Crippen LogP) is 3.04. The van der Waals surface area contributed by atoms with E-state index < -0.39 is 0 Å². The summed E-state index contributed by atoms with van der Waals surface area (Å²) in [6.45, 7) is 5.57. The van der Waals surface area contributed by atoms with E-state index in [1.54, 1.807) is 7.11 Å². The molecule has 6 nitrogen and oxygen atoms in total. The summed E-state index contributed by atoms with van der Waals surface area (Å²) in [4.78, 5) is 17.4. The van der Waals surface area contributed by atoms with Crippen LogP contribution in [0.4, 0.5) is 5.69 Å². The molecule has 0 unspecified atom stereocenters. The Kier molecular flexibility index (Phi) is 5.83. The molecule has 0 aliphatic carbocycles. The number of piperazine rings is 1. The standard InChI is InChI=1S/C23H28N4O2/c1-25-10-12-26(13-11-25)16-18-4-3-5-20(14-18)24-23(28)17-27-9-8-19-15-21(29-2)6-7-22(19)27/h3-9,14-15H,10-13,16-17H2,1-2H3,(H,24,28). The first kappa shape index (κ1) is 19.5. The van der Waals surface area contributed by atoms with Crippen LogP contribution >= 0.6 is 0 Å². The third-order valence-corrected chi connectivity index (χ3v) is 5.50. The van der Waals surface area contributed by atoms with Gasteiger partial charge in [0.1, 0.15) is 12.3 Å². The Labute approximate surface area is 171 Å². The first-order valence-electron chi connectivity index (χ1n) is 10.0. The minimum atomic E-state index is -0.0323. The summed E-state index contributed by atoms with van der Waals surface area (Å²) in [6.07, 6.45) is 1.94. The van der Waals surface area contributed by atoms with Crippen LogP contribution in [-0.4, -0.2) is 60.6 Å². The number of anilines is 1. The Hall–Kier alpha value is -2.83. The summed E-state index contributed by atoms with van der Waals surface area (Å²) >= 11 is 0. The van der Waals surface area contributed by atoms with Crippen molar-refractivity contribution in [1.82, 2.24) is 14.4 Å². The number of nitrogens with zero attached hydrogens (tertiary/aromatic N) is 3. The lowest BCUT2D eigenvalue weighted by Crippen LogP contribution is -2.43. The average molecular weight is 393 g/mol. The highest BCUT2D eigenvalue weighted by Crippen LogP contribution is 2.22. The smallest absolute Gasteiger partial charge is 0.244 e. The van der Waals surface area contributed by atoms with Crippen molar-refractivity contribution in [3.63, 3.8) is 0 Å². The van der Waals surface area contributed by atoms with Crippen LogP contribution in [0, 0.1) is 0 Å². The molecule has 1 amide bonds. The molecular formula is C23H28N4O2. The quantitative estimate of drug-likeness (QED) is 0.701. The lowest BCUT2D eigenvalue weighted by atomic mass is 10.1. The van der Waals surface area contributed by atoms with E-state index in [2.05, 4.69) is 34.3 Å². The second-order valence-electron chi connectivity index (χ2n) is 7.70. The van der Waals surface area contributed by atoms with Crippen molar-refractivity contribution in [1.29, 1.82) is 0 Å². The maximum atomic E-state index is 12.6. The van der Waals surface area contributed by atoms with E-state index in [0.717, 1.165) is 55.1 Å². The molecule has 6 heteroatoms. The predicted molar refractivity (Wildman–Crippen MR) is 116 cm³/mol. The largest absolute Gasteiger partial charge is 0.497 e. The highest BCUT2D eigenvalue weighted by atomic mass is 16.5. The molecule has 1 saturated heterocycles. The number of fused-ring (bicyclic) bond motifs is 1. The Morgan fingerprint density at radius 3 is 2.69 bits per heavy atom. The number of aromatic nitrogens is 1. The fourth-order valence-corrected chi connectivity index (χ4v) is 3.81. The molecule has 1 aliphatic rings. The van der Waals surface area contributed by atoms with Crippen molar-refractivity contribution in [2.24, 2.45) is 0 Å². The molecule has 2 aromatic carbocycles. The van der Waals surface area contributed by atoms with Crippen molar-refractivity contribution in [2.45, 2.75) is 13.1 Å². The maximum absolute atomic E-state index is 12.6. The van der Waals surface area contributed by atoms with E-state index >= 15 is 0 Å². The molecule has 29 heavy (non-hydrogen) atoms. The molecule has 2 heterocycles. The molecule has 3 aromatic rings. The summed E-state index contributed by atoms with van der Waals surface area (Å²) in [5, 5.41) is 4.10. The summed E-state index contributed by atoms with van der Waals surface area (Å²) in [7, 11) is 3.82. The molecule has 0 saturated carbocycles. The van der Waals surface area contributed by atoms with Gasteiger partial charge in [-0.05, 0) is 49.0 Å². The van der Waals surface area contributed by atoms with Crippen LogP contribution in [-0.2, 0) is 17.9 Å². The second-order valence-corrected chi connectivity index (χ2v) is 7.70. The molecule has 1 fully saturated rings. The highest BCUT2D eigenvalue weighted by molar-refractivity contribution is 5.92. The normalized spacial score (nSPS) is 15.5. The molecule has 0 bridgehead atoms. The van der Waals surface area contributed by atoms with Gasteiger partial charge in [-0.1, -0.05) is 12.1 Å². The van der Waals surface area contributed by atoms with Crippen LogP contribution < -0.4 is 10.1 Å². The summed E-state index contributed by atoms with van der Waals surface area (Å²) in [5.74, 6) is 0.784. The zero-order chi connectivity index (χ0) is 20.2. The fourth-order valence-electron chi connectivity index (χ4n) is 3.81. The van der Waals surface area contributed by atoms with Crippen LogP contribution in [0.3, 0.4) is 0 Å². The summed E-state index contributed by atoms with van der Waals surface area (Å²) in [6, 6.07) is 16.0.